The van der Waals surface area contributed by atoms with Crippen molar-refractivity contribution >= 4 is 12.0 Å². The highest BCUT2D eigenvalue weighted by atomic mass is 16.5. The fraction of sp³-hybridized carbons (Fsp3) is 0.562. The summed E-state index contributed by atoms with van der Waals surface area (Å²) in [4.78, 5) is 38.7. The van der Waals surface area contributed by atoms with Crippen LogP contribution in [0.2, 0.25) is 0 Å². The Morgan fingerprint density at radius 1 is 1.09 bits per heavy atom. The molecule has 6 heteroatoms. The van der Waals surface area contributed by atoms with Gasteiger partial charge in [-0.3, -0.25) is 9.78 Å². The van der Waals surface area contributed by atoms with Crippen LogP contribution in [0, 0.1) is 6.92 Å². The molecule has 0 fully saturated rings. The molecule has 1 aromatic heterocycles. The molecular formula is C16H24N2O4. The molecule has 0 saturated heterocycles. The summed E-state index contributed by atoms with van der Waals surface area (Å²) >= 11 is 0. The largest absolute Gasteiger partial charge is 0.463 e. The number of rotatable bonds is 9. The number of carbonyl (C=O) groups is 1. The van der Waals surface area contributed by atoms with Crippen LogP contribution < -0.4 is 11.2 Å². The van der Waals surface area contributed by atoms with Crippen LogP contribution in [0.3, 0.4) is 0 Å². The number of hydrogen-bond donors (Lipinski definition) is 2. The molecule has 0 aliphatic carbocycles. The summed E-state index contributed by atoms with van der Waals surface area (Å²) in [5, 5.41) is 0. The zero-order chi connectivity index (χ0) is 16.4. The van der Waals surface area contributed by atoms with E-state index in [0.717, 1.165) is 19.3 Å². The fourth-order valence-electron chi connectivity index (χ4n) is 2.06. The molecule has 1 heterocycles. The van der Waals surface area contributed by atoms with E-state index in [1.165, 1.54) is 31.4 Å². The summed E-state index contributed by atoms with van der Waals surface area (Å²) in [5.41, 5.74) is -0.434. The summed E-state index contributed by atoms with van der Waals surface area (Å²) in [6.45, 7) is 4.15. The van der Waals surface area contributed by atoms with Crippen LogP contribution in [0.15, 0.2) is 15.7 Å². The molecule has 0 unspecified atom stereocenters. The van der Waals surface area contributed by atoms with Crippen molar-refractivity contribution in [3.05, 3.63) is 38.2 Å². The first-order valence-corrected chi connectivity index (χ1v) is 7.72. The van der Waals surface area contributed by atoms with Gasteiger partial charge in [-0.1, -0.05) is 39.0 Å². The van der Waals surface area contributed by atoms with Crippen molar-refractivity contribution < 1.29 is 9.53 Å². The third kappa shape index (κ3) is 6.56. The minimum atomic E-state index is -0.565. The molecule has 2 N–H and O–H groups in total. The van der Waals surface area contributed by atoms with Crippen molar-refractivity contribution in [3.8, 4) is 0 Å². The third-order valence-corrected chi connectivity index (χ3v) is 3.31. The average Bonchev–Trinajstić information content (AvgIpc) is 2.45. The van der Waals surface area contributed by atoms with Gasteiger partial charge in [0.05, 0.1) is 12.2 Å². The van der Waals surface area contributed by atoms with E-state index >= 15 is 0 Å². The van der Waals surface area contributed by atoms with Gasteiger partial charge in [-0.05, 0) is 19.4 Å². The van der Waals surface area contributed by atoms with Gasteiger partial charge < -0.3 is 9.72 Å². The van der Waals surface area contributed by atoms with E-state index in [-0.39, 0.29) is 5.56 Å². The molecular weight excluding hydrogens is 284 g/mol. The lowest BCUT2D eigenvalue weighted by molar-refractivity contribution is -0.137. The second-order valence-electron chi connectivity index (χ2n) is 5.22. The normalized spacial score (nSPS) is 11.0. The Morgan fingerprint density at radius 2 is 1.77 bits per heavy atom. The Morgan fingerprint density at radius 3 is 2.45 bits per heavy atom. The molecule has 1 rings (SSSR count). The van der Waals surface area contributed by atoms with Crippen LogP contribution in [0.25, 0.3) is 6.08 Å². The molecule has 122 valence electrons. The number of esters is 1. The maximum Gasteiger partial charge on any atom is 0.330 e. The smallest absolute Gasteiger partial charge is 0.330 e. The van der Waals surface area contributed by atoms with Gasteiger partial charge in [0.1, 0.15) is 0 Å². The monoisotopic (exact) mass is 308 g/mol. The second kappa shape index (κ2) is 9.76. The van der Waals surface area contributed by atoms with Crippen molar-refractivity contribution in [1.29, 1.82) is 0 Å². The highest BCUT2D eigenvalue weighted by Gasteiger charge is 2.03. The standard InChI is InChI=1S/C16H24N2O4/c1-3-4-5-6-7-8-11-22-14(19)10-9-13-12(2)17-16(21)18-15(13)20/h9-10H,3-8,11H2,1-2H3,(H2,17,18,20,21). The van der Waals surface area contributed by atoms with Gasteiger partial charge in [0, 0.05) is 11.8 Å². The lowest BCUT2D eigenvalue weighted by Crippen LogP contribution is -2.25. The number of H-pyrrole nitrogens is 2. The quantitative estimate of drug-likeness (QED) is 0.416. The Balaban J connectivity index is 2.36. The Hall–Kier alpha value is -2.11. The lowest BCUT2D eigenvalue weighted by Gasteiger charge is -2.02. The number of nitrogens with one attached hydrogen (secondary N) is 2. The number of hydrogen-bond acceptors (Lipinski definition) is 4. The number of aromatic amines is 2. The van der Waals surface area contributed by atoms with Crippen LogP contribution in [-0.4, -0.2) is 22.5 Å². The van der Waals surface area contributed by atoms with Gasteiger partial charge in [0.2, 0.25) is 0 Å². The minimum absolute atomic E-state index is 0.246. The van der Waals surface area contributed by atoms with E-state index in [9.17, 15) is 14.4 Å². The minimum Gasteiger partial charge on any atom is -0.463 e. The van der Waals surface area contributed by atoms with Crippen LogP contribution in [0.5, 0.6) is 0 Å². The van der Waals surface area contributed by atoms with E-state index in [4.69, 9.17) is 4.74 Å². The zero-order valence-electron chi connectivity index (χ0n) is 13.2. The maximum absolute atomic E-state index is 11.6. The first kappa shape index (κ1) is 17.9. The molecule has 0 aliphatic rings. The van der Waals surface area contributed by atoms with E-state index in [2.05, 4.69) is 16.9 Å². The van der Waals surface area contributed by atoms with Crippen molar-refractivity contribution in [1.82, 2.24) is 9.97 Å². The topological polar surface area (TPSA) is 92.0 Å². The molecule has 6 nitrogen and oxygen atoms in total. The van der Waals surface area contributed by atoms with Gasteiger partial charge in [-0.25, -0.2) is 9.59 Å². The summed E-state index contributed by atoms with van der Waals surface area (Å²) in [5.74, 6) is -0.487. The van der Waals surface area contributed by atoms with Gasteiger partial charge in [-0.15, -0.1) is 0 Å². The van der Waals surface area contributed by atoms with Gasteiger partial charge in [0.25, 0.3) is 5.56 Å². The lowest BCUT2D eigenvalue weighted by atomic mass is 10.1. The number of aromatic nitrogens is 2. The molecule has 0 amide bonds. The van der Waals surface area contributed by atoms with Crippen LogP contribution >= 0.6 is 0 Å². The number of aryl methyl sites for hydroxylation is 1. The summed E-state index contributed by atoms with van der Waals surface area (Å²) in [6, 6.07) is 0. The molecule has 0 bridgehead atoms. The molecule has 1 aromatic rings. The Bertz CT molecular complexity index is 613. The second-order valence-corrected chi connectivity index (χ2v) is 5.22. The van der Waals surface area contributed by atoms with Crippen LogP contribution in [0.4, 0.5) is 0 Å². The van der Waals surface area contributed by atoms with E-state index in [1.807, 2.05) is 0 Å². The van der Waals surface area contributed by atoms with Crippen molar-refractivity contribution in [3.63, 3.8) is 0 Å². The molecule has 0 saturated carbocycles. The van der Waals surface area contributed by atoms with Gasteiger partial charge in [0.15, 0.2) is 0 Å². The van der Waals surface area contributed by atoms with Gasteiger partial charge >= 0.3 is 11.7 Å². The van der Waals surface area contributed by atoms with Crippen molar-refractivity contribution in [2.75, 3.05) is 6.61 Å². The first-order chi connectivity index (χ1) is 10.5. The number of carbonyl (C=O) groups excluding carboxylic acids is 1. The van der Waals surface area contributed by atoms with E-state index in [1.54, 1.807) is 6.92 Å². The number of unbranched alkanes of at least 4 members (excludes halogenated alkanes) is 5. The highest BCUT2D eigenvalue weighted by Crippen LogP contribution is 2.05. The predicted molar refractivity (Wildman–Crippen MR) is 85.8 cm³/mol. The van der Waals surface area contributed by atoms with Gasteiger partial charge in [-0.2, -0.15) is 0 Å². The fourth-order valence-corrected chi connectivity index (χ4v) is 2.06. The molecule has 0 aliphatic heterocycles. The maximum atomic E-state index is 11.6. The highest BCUT2D eigenvalue weighted by molar-refractivity contribution is 5.87. The summed E-state index contributed by atoms with van der Waals surface area (Å²) < 4.78 is 5.06. The van der Waals surface area contributed by atoms with Crippen molar-refractivity contribution in [2.24, 2.45) is 0 Å². The molecule has 0 radical (unpaired) electrons. The Kier molecular flexibility index (Phi) is 7.96. The molecule has 0 aromatic carbocycles. The summed E-state index contributed by atoms with van der Waals surface area (Å²) in [6.07, 6.45) is 9.29. The van der Waals surface area contributed by atoms with Crippen molar-refractivity contribution in [2.45, 2.75) is 52.4 Å². The van der Waals surface area contributed by atoms with E-state index < -0.39 is 17.2 Å². The summed E-state index contributed by atoms with van der Waals surface area (Å²) in [7, 11) is 0. The first-order valence-electron chi connectivity index (χ1n) is 7.72. The SMILES string of the molecule is CCCCCCCCOC(=O)C=Cc1c(C)[nH]c(=O)[nH]c1=O. The Labute approximate surface area is 129 Å². The third-order valence-electron chi connectivity index (χ3n) is 3.31. The zero-order valence-corrected chi connectivity index (χ0v) is 13.2. The predicted octanol–water partition coefficient (Wildman–Crippen LogP) is 2.29. The molecule has 0 atom stereocenters. The van der Waals surface area contributed by atoms with E-state index in [0.29, 0.717) is 12.3 Å². The van der Waals surface area contributed by atoms with Crippen LogP contribution in [-0.2, 0) is 9.53 Å². The average molecular weight is 308 g/mol. The molecule has 0 spiro atoms. The molecule has 22 heavy (non-hydrogen) atoms. The number of ether oxygens (including phenoxy) is 1. The van der Waals surface area contributed by atoms with Crippen LogP contribution in [0.1, 0.15) is 56.7 Å².